The molecule has 0 atom stereocenters. The van der Waals surface area contributed by atoms with E-state index in [0.29, 0.717) is 16.6 Å². The number of fused-ring (bicyclic) bond motifs is 1. The molecule has 1 fully saturated rings. The molecule has 0 radical (unpaired) electrons. The molecule has 30 heavy (non-hydrogen) atoms. The fourth-order valence-electron chi connectivity index (χ4n) is 3.35. The number of nitrogens with zero attached hydrogens (tertiary/aromatic N) is 4. The van der Waals surface area contributed by atoms with E-state index in [1.165, 1.54) is 27.3 Å². The van der Waals surface area contributed by atoms with Gasteiger partial charge < -0.3 is 0 Å². The standard InChI is InChI=1S/C20H16N4O5S/c1-21-15-7-6-12(9-16(15)22(2)19(21)26)10-17-18(25)23(20(27)30-17)11-13-4-3-5-14(8-13)24(28)29/h3-10H,11H2,1-2H3/b17-10+. The summed E-state index contributed by atoms with van der Waals surface area (Å²) >= 11 is 0.815. The number of rotatable bonds is 4. The zero-order valence-electron chi connectivity index (χ0n) is 16.1. The molecule has 10 heteroatoms. The van der Waals surface area contributed by atoms with Crippen LogP contribution in [0.2, 0.25) is 0 Å². The minimum absolute atomic E-state index is 0.0457. The highest BCUT2D eigenvalue weighted by molar-refractivity contribution is 8.18. The molecule has 1 aliphatic rings. The van der Waals surface area contributed by atoms with E-state index in [1.54, 1.807) is 44.4 Å². The molecular formula is C20H16N4O5S. The largest absolute Gasteiger partial charge is 0.328 e. The van der Waals surface area contributed by atoms with Gasteiger partial charge in [0, 0.05) is 26.2 Å². The van der Waals surface area contributed by atoms with Gasteiger partial charge >= 0.3 is 5.69 Å². The van der Waals surface area contributed by atoms with Crippen LogP contribution in [0.25, 0.3) is 17.1 Å². The Morgan fingerprint density at radius 2 is 1.77 bits per heavy atom. The molecule has 152 valence electrons. The fraction of sp³-hybridized carbons (Fsp3) is 0.150. The van der Waals surface area contributed by atoms with Crippen molar-refractivity contribution in [2.75, 3.05) is 0 Å². The molecule has 1 saturated heterocycles. The molecule has 1 aromatic heterocycles. The first-order valence-corrected chi connectivity index (χ1v) is 9.72. The second-order valence-electron chi connectivity index (χ2n) is 6.84. The van der Waals surface area contributed by atoms with Gasteiger partial charge in [0.2, 0.25) is 0 Å². The number of aryl methyl sites for hydroxylation is 2. The van der Waals surface area contributed by atoms with Crippen molar-refractivity contribution in [1.82, 2.24) is 14.0 Å². The van der Waals surface area contributed by atoms with E-state index in [4.69, 9.17) is 0 Å². The lowest BCUT2D eigenvalue weighted by Crippen LogP contribution is -2.27. The molecule has 9 nitrogen and oxygen atoms in total. The smallest absolute Gasteiger partial charge is 0.295 e. The van der Waals surface area contributed by atoms with Gasteiger partial charge in [-0.15, -0.1) is 0 Å². The van der Waals surface area contributed by atoms with E-state index in [1.807, 2.05) is 0 Å². The van der Waals surface area contributed by atoms with Crippen molar-refractivity contribution in [3.05, 3.63) is 79.1 Å². The Bertz CT molecular complexity index is 1320. The number of hydrogen-bond donors (Lipinski definition) is 0. The molecule has 0 unspecified atom stereocenters. The van der Waals surface area contributed by atoms with E-state index in [0.717, 1.165) is 22.2 Å². The molecule has 4 rings (SSSR count). The third-order valence-corrected chi connectivity index (χ3v) is 5.84. The van der Waals surface area contributed by atoms with E-state index in [9.17, 15) is 24.5 Å². The molecule has 2 heterocycles. The number of thioether (sulfide) groups is 1. The Labute approximate surface area is 174 Å². The molecule has 0 aliphatic carbocycles. The van der Waals surface area contributed by atoms with Crippen LogP contribution in [-0.2, 0) is 25.4 Å². The summed E-state index contributed by atoms with van der Waals surface area (Å²) in [7, 11) is 3.35. The minimum atomic E-state index is -0.524. The van der Waals surface area contributed by atoms with Gasteiger partial charge in [0.1, 0.15) is 0 Å². The molecule has 2 aromatic carbocycles. The third-order valence-electron chi connectivity index (χ3n) is 4.93. The third kappa shape index (κ3) is 3.30. The number of hydrogen-bond acceptors (Lipinski definition) is 6. The lowest BCUT2D eigenvalue weighted by molar-refractivity contribution is -0.384. The van der Waals surface area contributed by atoms with Crippen molar-refractivity contribution in [2.24, 2.45) is 14.1 Å². The maximum Gasteiger partial charge on any atom is 0.328 e. The van der Waals surface area contributed by atoms with Crippen molar-refractivity contribution in [3.8, 4) is 0 Å². The topological polar surface area (TPSA) is 107 Å². The number of imide groups is 1. The SMILES string of the molecule is Cn1c(=O)n(C)c2cc(/C=C3/SC(=O)N(Cc4cccc([N+](=O)[O-])c4)C3=O)ccc21. The Balaban J connectivity index is 1.62. The summed E-state index contributed by atoms with van der Waals surface area (Å²) in [6, 6.07) is 11.2. The Kier molecular flexibility index (Phi) is 4.78. The summed E-state index contributed by atoms with van der Waals surface area (Å²) in [6.45, 7) is -0.0457. The van der Waals surface area contributed by atoms with Gasteiger partial charge in [-0.05, 0) is 41.1 Å². The van der Waals surface area contributed by atoms with Crippen LogP contribution in [-0.4, -0.2) is 30.1 Å². The maximum atomic E-state index is 12.8. The first kappa shape index (κ1) is 19.6. The van der Waals surface area contributed by atoms with Gasteiger partial charge in [-0.2, -0.15) is 0 Å². The summed E-state index contributed by atoms with van der Waals surface area (Å²) in [5, 5.41) is 10.5. The van der Waals surface area contributed by atoms with Crippen LogP contribution in [0, 0.1) is 10.1 Å². The summed E-state index contributed by atoms with van der Waals surface area (Å²) in [6.07, 6.45) is 1.61. The lowest BCUT2D eigenvalue weighted by atomic mass is 10.1. The van der Waals surface area contributed by atoms with Gasteiger partial charge in [0.25, 0.3) is 16.8 Å². The number of amides is 2. The summed E-state index contributed by atoms with van der Waals surface area (Å²) in [4.78, 5) is 48.9. The highest BCUT2D eigenvalue weighted by Gasteiger charge is 2.35. The van der Waals surface area contributed by atoms with Gasteiger partial charge in [0.15, 0.2) is 0 Å². The highest BCUT2D eigenvalue weighted by Crippen LogP contribution is 2.34. The zero-order chi connectivity index (χ0) is 21.6. The van der Waals surface area contributed by atoms with E-state index < -0.39 is 16.1 Å². The van der Waals surface area contributed by atoms with Gasteiger partial charge in [-0.1, -0.05) is 18.2 Å². The van der Waals surface area contributed by atoms with Crippen molar-refractivity contribution in [2.45, 2.75) is 6.54 Å². The Hall–Kier alpha value is -3.66. The van der Waals surface area contributed by atoms with Crippen LogP contribution >= 0.6 is 11.8 Å². The van der Waals surface area contributed by atoms with Crippen LogP contribution in [0.1, 0.15) is 11.1 Å². The Morgan fingerprint density at radius 1 is 1.03 bits per heavy atom. The normalized spacial score (nSPS) is 15.5. The van der Waals surface area contributed by atoms with Gasteiger partial charge in [0.05, 0.1) is 27.4 Å². The van der Waals surface area contributed by atoms with Crippen LogP contribution in [0.3, 0.4) is 0 Å². The number of carbonyl (C=O) groups is 2. The van der Waals surface area contributed by atoms with Gasteiger partial charge in [-0.3, -0.25) is 33.7 Å². The average Bonchev–Trinajstić information content (AvgIpc) is 3.10. The predicted octanol–water partition coefficient (Wildman–Crippen LogP) is 3.02. The molecule has 0 N–H and O–H groups in total. The number of carbonyl (C=O) groups excluding carboxylic acids is 2. The number of benzene rings is 2. The number of nitro benzene ring substituents is 1. The Morgan fingerprint density at radius 3 is 2.50 bits per heavy atom. The summed E-state index contributed by atoms with van der Waals surface area (Å²) in [5.74, 6) is -0.460. The van der Waals surface area contributed by atoms with Crippen molar-refractivity contribution in [3.63, 3.8) is 0 Å². The van der Waals surface area contributed by atoms with Gasteiger partial charge in [-0.25, -0.2) is 4.79 Å². The van der Waals surface area contributed by atoms with Crippen LogP contribution in [0.5, 0.6) is 0 Å². The monoisotopic (exact) mass is 424 g/mol. The van der Waals surface area contributed by atoms with Crippen LogP contribution < -0.4 is 5.69 Å². The second kappa shape index (κ2) is 7.30. The first-order valence-electron chi connectivity index (χ1n) is 8.90. The lowest BCUT2D eigenvalue weighted by Gasteiger charge is -2.12. The number of nitro groups is 1. The van der Waals surface area contributed by atoms with E-state index in [2.05, 4.69) is 0 Å². The molecule has 2 amide bonds. The van der Waals surface area contributed by atoms with E-state index in [-0.39, 0.29) is 22.8 Å². The number of imidazole rings is 1. The molecule has 3 aromatic rings. The van der Waals surface area contributed by atoms with Crippen molar-refractivity contribution in [1.29, 1.82) is 0 Å². The van der Waals surface area contributed by atoms with Crippen molar-refractivity contribution < 1.29 is 14.5 Å². The van der Waals surface area contributed by atoms with Crippen LogP contribution in [0.15, 0.2) is 52.2 Å². The molecule has 0 spiro atoms. The second-order valence-corrected chi connectivity index (χ2v) is 7.84. The summed E-state index contributed by atoms with van der Waals surface area (Å²) < 4.78 is 3.05. The summed E-state index contributed by atoms with van der Waals surface area (Å²) in [5.41, 5.74) is 2.40. The zero-order valence-corrected chi connectivity index (χ0v) is 16.9. The number of aromatic nitrogens is 2. The molecule has 1 aliphatic heterocycles. The first-order chi connectivity index (χ1) is 14.3. The molecule has 0 saturated carbocycles. The predicted molar refractivity (Wildman–Crippen MR) is 113 cm³/mol. The molecular weight excluding hydrogens is 408 g/mol. The molecule has 0 bridgehead atoms. The maximum absolute atomic E-state index is 12.8. The quantitative estimate of drug-likeness (QED) is 0.362. The van der Waals surface area contributed by atoms with Crippen LogP contribution in [0.4, 0.5) is 10.5 Å². The fourth-order valence-corrected chi connectivity index (χ4v) is 4.19. The highest BCUT2D eigenvalue weighted by atomic mass is 32.2. The van der Waals surface area contributed by atoms with E-state index >= 15 is 0 Å². The minimum Gasteiger partial charge on any atom is -0.295 e. The average molecular weight is 424 g/mol. The number of non-ortho nitro benzene ring substituents is 1. The van der Waals surface area contributed by atoms with Crippen molar-refractivity contribution >= 4 is 45.7 Å².